The van der Waals surface area contributed by atoms with Crippen molar-refractivity contribution in [2.75, 3.05) is 0 Å². The van der Waals surface area contributed by atoms with Gasteiger partial charge in [-0.1, -0.05) is 23.2 Å². The van der Waals surface area contributed by atoms with E-state index in [9.17, 15) is 4.39 Å². The zero-order valence-electron chi connectivity index (χ0n) is 10.9. The van der Waals surface area contributed by atoms with Crippen LogP contribution in [-0.4, -0.2) is 9.55 Å². The van der Waals surface area contributed by atoms with Crippen LogP contribution in [0.1, 0.15) is 18.1 Å². The number of hydrogen-bond donors (Lipinski definition) is 0. The molecule has 2 nitrogen and oxygen atoms in total. The van der Waals surface area contributed by atoms with Crippen LogP contribution in [0.4, 0.5) is 4.39 Å². The minimum Gasteiger partial charge on any atom is -0.293 e. The fraction of sp³-hybridized carbons (Fsp3) is 0.133. The predicted octanol–water partition coefficient (Wildman–Crippen LogP) is 5.77. The molecule has 0 spiro atoms. The molecule has 0 saturated heterocycles. The summed E-state index contributed by atoms with van der Waals surface area (Å²) in [5.41, 5.74) is 1.96. The molecular formula is C15H10Cl3FN2. The molecule has 3 aromatic rings. The van der Waals surface area contributed by atoms with Crippen LogP contribution < -0.4 is 0 Å². The van der Waals surface area contributed by atoms with Crippen molar-refractivity contribution < 1.29 is 4.39 Å². The number of fused-ring (bicyclic) bond motifs is 1. The van der Waals surface area contributed by atoms with E-state index in [-0.39, 0.29) is 11.2 Å². The molecule has 6 heteroatoms. The third-order valence-electron chi connectivity index (χ3n) is 3.15. The molecule has 0 amide bonds. The number of rotatable bonds is 2. The summed E-state index contributed by atoms with van der Waals surface area (Å²) >= 11 is 18.4. The van der Waals surface area contributed by atoms with Crippen LogP contribution in [0.25, 0.3) is 16.7 Å². The Kier molecular flexibility index (Phi) is 3.82. The quantitative estimate of drug-likeness (QED) is 0.540. The van der Waals surface area contributed by atoms with E-state index in [4.69, 9.17) is 34.8 Å². The van der Waals surface area contributed by atoms with Crippen molar-refractivity contribution >= 4 is 45.8 Å². The fourth-order valence-electron chi connectivity index (χ4n) is 2.25. The summed E-state index contributed by atoms with van der Waals surface area (Å²) in [6.45, 7) is 1.80. The van der Waals surface area contributed by atoms with Gasteiger partial charge in [0.05, 0.1) is 27.1 Å². The molecule has 0 saturated carbocycles. The van der Waals surface area contributed by atoms with Crippen molar-refractivity contribution in [3.05, 3.63) is 58.1 Å². The highest BCUT2D eigenvalue weighted by Crippen LogP contribution is 2.32. The van der Waals surface area contributed by atoms with Crippen molar-refractivity contribution in [3.8, 4) is 5.69 Å². The molecule has 3 rings (SSSR count). The lowest BCUT2D eigenvalue weighted by Gasteiger charge is -2.12. The Hall–Kier alpha value is -1.29. The topological polar surface area (TPSA) is 17.8 Å². The van der Waals surface area contributed by atoms with Crippen molar-refractivity contribution in [1.29, 1.82) is 0 Å². The third-order valence-corrected chi connectivity index (χ3v) is 3.90. The maximum absolute atomic E-state index is 13.6. The molecule has 1 aromatic heterocycles. The van der Waals surface area contributed by atoms with Crippen LogP contribution in [0.15, 0.2) is 36.4 Å². The average Bonchev–Trinajstić information content (AvgIpc) is 2.80. The molecule has 108 valence electrons. The summed E-state index contributed by atoms with van der Waals surface area (Å²) in [5, 5.41) is 0.631. The highest BCUT2D eigenvalue weighted by atomic mass is 35.5. The van der Waals surface area contributed by atoms with Crippen LogP contribution in [-0.2, 0) is 0 Å². The largest absolute Gasteiger partial charge is 0.293 e. The monoisotopic (exact) mass is 342 g/mol. The minimum atomic E-state index is -0.376. The minimum absolute atomic E-state index is 0.365. The van der Waals surface area contributed by atoms with E-state index in [0.29, 0.717) is 27.1 Å². The summed E-state index contributed by atoms with van der Waals surface area (Å²) in [4.78, 5) is 4.49. The van der Waals surface area contributed by atoms with E-state index in [1.807, 2.05) is 6.07 Å². The van der Waals surface area contributed by atoms with Gasteiger partial charge in [-0.05, 0) is 43.3 Å². The standard InChI is InChI=1S/C15H10Cl3FN2/c1-8(16)15-20-12-6-9(17)2-5-13(12)21(15)14-7-10(19)3-4-11(14)18/h2-8H,1H3. The normalized spacial score (nSPS) is 12.8. The zero-order chi connectivity index (χ0) is 15.1. The zero-order valence-corrected chi connectivity index (χ0v) is 13.2. The van der Waals surface area contributed by atoms with Gasteiger partial charge < -0.3 is 0 Å². The molecule has 0 bridgehead atoms. The van der Waals surface area contributed by atoms with Crippen LogP contribution in [0.5, 0.6) is 0 Å². The first-order chi connectivity index (χ1) is 9.97. The van der Waals surface area contributed by atoms with Crippen molar-refractivity contribution in [2.45, 2.75) is 12.3 Å². The van der Waals surface area contributed by atoms with E-state index in [1.54, 1.807) is 23.6 Å². The van der Waals surface area contributed by atoms with E-state index in [1.165, 1.54) is 18.2 Å². The molecule has 0 aliphatic carbocycles. The van der Waals surface area contributed by atoms with Crippen LogP contribution in [0, 0.1) is 5.82 Å². The average molecular weight is 344 g/mol. The lowest BCUT2D eigenvalue weighted by Crippen LogP contribution is -2.03. The molecule has 0 radical (unpaired) electrons. The van der Waals surface area contributed by atoms with E-state index < -0.39 is 0 Å². The smallest absolute Gasteiger partial charge is 0.132 e. The number of nitrogens with zero attached hydrogens (tertiary/aromatic N) is 2. The van der Waals surface area contributed by atoms with Gasteiger partial charge in [-0.2, -0.15) is 0 Å². The SMILES string of the molecule is CC(Cl)c1nc2cc(Cl)ccc2n1-c1cc(F)ccc1Cl. The van der Waals surface area contributed by atoms with Crippen LogP contribution in [0.2, 0.25) is 10.0 Å². The van der Waals surface area contributed by atoms with Gasteiger partial charge in [0.2, 0.25) is 0 Å². The van der Waals surface area contributed by atoms with E-state index in [2.05, 4.69) is 4.98 Å². The Morgan fingerprint density at radius 3 is 2.62 bits per heavy atom. The van der Waals surface area contributed by atoms with Crippen LogP contribution >= 0.6 is 34.8 Å². The summed E-state index contributed by atoms with van der Waals surface area (Å²) in [6.07, 6.45) is 0. The molecular weight excluding hydrogens is 334 g/mol. The van der Waals surface area contributed by atoms with Gasteiger partial charge >= 0.3 is 0 Å². The second kappa shape index (κ2) is 5.48. The van der Waals surface area contributed by atoms with E-state index in [0.717, 1.165) is 5.52 Å². The third kappa shape index (κ3) is 2.61. The first-order valence-electron chi connectivity index (χ1n) is 6.25. The van der Waals surface area contributed by atoms with Crippen LogP contribution in [0.3, 0.4) is 0 Å². The van der Waals surface area contributed by atoms with Crippen molar-refractivity contribution in [1.82, 2.24) is 9.55 Å². The maximum Gasteiger partial charge on any atom is 0.132 e. The molecule has 0 aliphatic rings. The Morgan fingerprint density at radius 1 is 1.14 bits per heavy atom. The van der Waals surface area contributed by atoms with Crippen molar-refractivity contribution in [3.63, 3.8) is 0 Å². The van der Waals surface area contributed by atoms with Gasteiger partial charge in [0.1, 0.15) is 11.6 Å². The number of halogens is 4. The summed E-state index contributed by atoms with van der Waals surface area (Å²) in [7, 11) is 0. The fourth-order valence-corrected chi connectivity index (χ4v) is 2.76. The van der Waals surface area contributed by atoms with E-state index >= 15 is 0 Å². The van der Waals surface area contributed by atoms with Gasteiger partial charge in [0.25, 0.3) is 0 Å². The molecule has 1 atom stereocenters. The maximum atomic E-state index is 13.6. The Labute approximate surface area is 136 Å². The number of imidazole rings is 1. The lowest BCUT2D eigenvalue weighted by atomic mass is 10.2. The number of aromatic nitrogens is 2. The highest BCUT2D eigenvalue weighted by Gasteiger charge is 2.18. The summed E-state index contributed by atoms with van der Waals surface area (Å²) < 4.78 is 15.3. The predicted molar refractivity (Wildman–Crippen MR) is 85.3 cm³/mol. The summed E-state index contributed by atoms with van der Waals surface area (Å²) in [5.74, 6) is 0.208. The molecule has 0 aliphatic heterocycles. The highest BCUT2D eigenvalue weighted by molar-refractivity contribution is 6.32. The second-order valence-corrected chi connectivity index (χ2v) is 6.15. The molecule has 1 heterocycles. The first-order valence-corrected chi connectivity index (χ1v) is 7.44. The Bertz CT molecular complexity index is 827. The van der Waals surface area contributed by atoms with Crippen molar-refractivity contribution in [2.24, 2.45) is 0 Å². The van der Waals surface area contributed by atoms with Gasteiger partial charge in [-0.25, -0.2) is 9.37 Å². The number of hydrogen-bond acceptors (Lipinski definition) is 1. The number of alkyl halides is 1. The van der Waals surface area contributed by atoms with Gasteiger partial charge in [0, 0.05) is 5.02 Å². The van der Waals surface area contributed by atoms with Gasteiger partial charge in [-0.15, -0.1) is 11.6 Å². The van der Waals surface area contributed by atoms with Gasteiger partial charge in [-0.3, -0.25) is 4.57 Å². The summed E-state index contributed by atoms with van der Waals surface area (Å²) in [6, 6.07) is 9.49. The Morgan fingerprint density at radius 2 is 1.90 bits per heavy atom. The lowest BCUT2D eigenvalue weighted by molar-refractivity contribution is 0.626. The Balaban J connectivity index is 2.39. The first kappa shape index (κ1) is 14.6. The second-order valence-electron chi connectivity index (χ2n) is 4.65. The number of benzene rings is 2. The molecule has 0 N–H and O–H groups in total. The molecule has 1 unspecified atom stereocenters. The molecule has 0 fully saturated rings. The molecule has 2 aromatic carbocycles. The molecule has 21 heavy (non-hydrogen) atoms. The van der Waals surface area contributed by atoms with Gasteiger partial charge in [0.15, 0.2) is 0 Å².